The zero-order chi connectivity index (χ0) is 17.3. The van der Waals surface area contributed by atoms with E-state index < -0.39 is 16.1 Å². The molecule has 128 valence electrons. The summed E-state index contributed by atoms with van der Waals surface area (Å²) in [4.78, 5) is -0.0312. The van der Waals surface area contributed by atoms with Crippen LogP contribution in [-0.2, 0) is 10.0 Å². The number of sulfonamides is 1. The van der Waals surface area contributed by atoms with E-state index in [9.17, 15) is 8.42 Å². The summed E-state index contributed by atoms with van der Waals surface area (Å²) in [5.74, 6) is 1.25. The second-order valence-corrected chi connectivity index (χ2v) is 8.21. The Morgan fingerprint density at radius 3 is 2.62 bits per heavy atom. The van der Waals surface area contributed by atoms with Gasteiger partial charge in [-0.3, -0.25) is 0 Å². The number of likely N-dealkylation sites (N-methyl/N-ethyl adjacent to an activating group) is 1. The first-order valence-electron chi connectivity index (χ1n) is 7.18. The van der Waals surface area contributed by atoms with Gasteiger partial charge in [0.1, 0.15) is 17.6 Å². The molecule has 2 aromatic rings. The van der Waals surface area contributed by atoms with E-state index >= 15 is 0 Å². The number of fused-ring (bicyclic) bond motifs is 1. The van der Waals surface area contributed by atoms with Crippen molar-refractivity contribution in [3.63, 3.8) is 0 Å². The monoisotopic (exact) mass is 387 g/mol. The van der Waals surface area contributed by atoms with E-state index in [2.05, 4.69) is 0 Å². The Morgan fingerprint density at radius 2 is 1.88 bits per heavy atom. The number of hydrogen-bond donors (Lipinski definition) is 0. The average Bonchev–Trinajstić information content (AvgIpc) is 2.56. The molecule has 0 N–H and O–H groups in total. The second kappa shape index (κ2) is 6.80. The van der Waals surface area contributed by atoms with Crippen molar-refractivity contribution in [3.05, 3.63) is 52.5 Å². The molecule has 0 amide bonds. The molecule has 1 heterocycles. The minimum atomic E-state index is -3.79. The Balaban J connectivity index is 1.77. The van der Waals surface area contributed by atoms with Crippen LogP contribution in [0.2, 0.25) is 10.0 Å². The van der Waals surface area contributed by atoms with Gasteiger partial charge in [-0.05, 0) is 30.3 Å². The van der Waals surface area contributed by atoms with E-state index in [4.69, 9.17) is 32.7 Å². The summed E-state index contributed by atoms with van der Waals surface area (Å²) in [5.41, 5.74) is 0. The average molecular weight is 388 g/mol. The van der Waals surface area contributed by atoms with Crippen molar-refractivity contribution in [2.45, 2.75) is 11.0 Å². The number of rotatable bonds is 4. The highest BCUT2D eigenvalue weighted by Crippen LogP contribution is 2.32. The van der Waals surface area contributed by atoms with Gasteiger partial charge in [-0.15, -0.1) is 0 Å². The van der Waals surface area contributed by atoms with E-state index in [-0.39, 0.29) is 23.1 Å². The van der Waals surface area contributed by atoms with Crippen LogP contribution in [0.25, 0.3) is 0 Å². The lowest BCUT2D eigenvalue weighted by Crippen LogP contribution is -2.41. The van der Waals surface area contributed by atoms with Gasteiger partial charge in [0, 0.05) is 12.1 Å². The fraction of sp³-hybridized carbons (Fsp3) is 0.250. The van der Waals surface area contributed by atoms with Gasteiger partial charge in [-0.1, -0.05) is 35.3 Å². The lowest BCUT2D eigenvalue weighted by molar-refractivity contribution is 0.0798. The summed E-state index contributed by atoms with van der Waals surface area (Å²) >= 11 is 11.9. The largest absolute Gasteiger partial charge is 0.486 e. The predicted octanol–water partition coefficient (Wildman–Crippen LogP) is 3.45. The summed E-state index contributed by atoms with van der Waals surface area (Å²) in [5, 5.41) is 0.426. The molecule has 0 bridgehead atoms. The molecular weight excluding hydrogens is 373 g/mol. The van der Waals surface area contributed by atoms with Crippen molar-refractivity contribution in [2.75, 3.05) is 20.2 Å². The molecule has 0 spiro atoms. The van der Waals surface area contributed by atoms with Gasteiger partial charge in [0.15, 0.2) is 11.5 Å². The van der Waals surface area contributed by atoms with Crippen molar-refractivity contribution >= 4 is 33.2 Å². The summed E-state index contributed by atoms with van der Waals surface area (Å²) < 4.78 is 38.0. The molecule has 3 rings (SSSR count). The third-order valence-corrected chi connectivity index (χ3v) is 6.15. The molecule has 0 aliphatic carbocycles. The Labute approximate surface area is 150 Å². The van der Waals surface area contributed by atoms with E-state index in [0.29, 0.717) is 16.5 Å². The third kappa shape index (κ3) is 3.47. The molecule has 0 unspecified atom stereocenters. The van der Waals surface area contributed by atoms with E-state index in [1.165, 1.54) is 29.6 Å². The van der Waals surface area contributed by atoms with Crippen LogP contribution in [0.1, 0.15) is 0 Å². The highest BCUT2D eigenvalue weighted by atomic mass is 35.5. The minimum Gasteiger partial charge on any atom is -0.486 e. The smallest absolute Gasteiger partial charge is 0.244 e. The third-order valence-electron chi connectivity index (χ3n) is 3.61. The predicted molar refractivity (Wildman–Crippen MR) is 92.6 cm³/mol. The van der Waals surface area contributed by atoms with Gasteiger partial charge < -0.3 is 9.47 Å². The Kier molecular flexibility index (Phi) is 4.92. The van der Waals surface area contributed by atoms with Gasteiger partial charge >= 0.3 is 0 Å². The summed E-state index contributed by atoms with van der Waals surface area (Å²) in [6, 6.07) is 11.6. The van der Waals surface area contributed by atoms with Crippen LogP contribution in [0.5, 0.6) is 11.5 Å². The maximum absolute atomic E-state index is 12.7. The molecule has 0 saturated heterocycles. The van der Waals surface area contributed by atoms with Crippen molar-refractivity contribution in [2.24, 2.45) is 0 Å². The SMILES string of the molecule is CN(C[C@@H]1COc2ccccc2O1)S(=O)(=O)c1cc(Cl)ccc1Cl. The molecular formula is C16H15Cl2NO4S. The minimum absolute atomic E-state index is 0.0312. The fourth-order valence-corrected chi connectivity index (χ4v) is 4.32. The zero-order valence-electron chi connectivity index (χ0n) is 12.8. The second-order valence-electron chi connectivity index (χ2n) is 5.36. The van der Waals surface area contributed by atoms with Crippen LogP contribution >= 0.6 is 23.2 Å². The Morgan fingerprint density at radius 1 is 1.17 bits per heavy atom. The number of ether oxygens (including phenoxy) is 2. The quantitative estimate of drug-likeness (QED) is 0.805. The van der Waals surface area contributed by atoms with Gasteiger partial charge in [0.2, 0.25) is 10.0 Å². The number of benzene rings is 2. The molecule has 24 heavy (non-hydrogen) atoms. The zero-order valence-corrected chi connectivity index (χ0v) is 15.1. The number of para-hydroxylation sites is 2. The Hall–Kier alpha value is -1.47. The molecule has 2 aromatic carbocycles. The topological polar surface area (TPSA) is 55.8 Å². The fourth-order valence-electron chi connectivity index (χ4n) is 2.38. The van der Waals surface area contributed by atoms with Crippen LogP contribution in [-0.4, -0.2) is 39.0 Å². The Bertz CT molecular complexity index is 857. The molecule has 5 nitrogen and oxygen atoms in total. The van der Waals surface area contributed by atoms with E-state index in [1.54, 1.807) is 12.1 Å². The van der Waals surface area contributed by atoms with Crippen molar-refractivity contribution in [1.29, 1.82) is 0 Å². The van der Waals surface area contributed by atoms with Crippen LogP contribution in [0.4, 0.5) is 0 Å². The molecule has 0 fully saturated rings. The molecule has 0 saturated carbocycles. The van der Waals surface area contributed by atoms with Crippen molar-refractivity contribution < 1.29 is 17.9 Å². The number of hydrogen-bond acceptors (Lipinski definition) is 4. The molecule has 1 atom stereocenters. The van der Waals surface area contributed by atoms with Crippen LogP contribution in [0, 0.1) is 0 Å². The molecule has 8 heteroatoms. The van der Waals surface area contributed by atoms with Crippen molar-refractivity contribution in [3.8, 4) is 11.5 Å². The molecule has 0 radical (unpaired) electrons. The first-order valence-corrected chi connectivity index (χ1v) is 9.37. The highest BCUT2D eigenvalue weighted by Gasteiger charge is 2.29. The van der Waals surface area contributed by atoms with Gasteiger partial charge in [0.25, 0.3) is 0 Å². The highest BCUT2D eigenvalue weighted by molar-refractivity contribution is 7.89. The number of halogens is 2. The first-order chi connectivity index (χ1) is 11.4. The van der Waals surface area contributed by atoms with E-state index in [0.717, 1.165) is 0 Å². The standard InChI is InChI=1S/C16H15Cl2NO4S/c1-19(24(20,21)16-8-11(17)6-7-13(16)18)9-12-10-22-14-4-2-3-5-15(14)23-12/h2-8,12H,9-10H2,1H3/t12-/m1/s1. The van der Waals surface area contributed by atoms with Crippen molar-refractivity contribution in [1.82, 2.24) is 4.31 Å². The normalized spacial score (nSPS) is 17.1. The maximum atomic E-state index is 12.7. The maximum Gasteiger partial charge on any atom is 0.244 e. The molecule has 1 aliphatic rings. The summed E-state index contributed by atoms with van der Waals surface area (Å²) in [7, 11) is -2.32. The molecule has 1 aliphatic heterocycles. The van der Waals surface area contributed by atoms with Gasteiger partial charge in [-0.2, -0.15) is 4.31 Å². The lowest BCUT2D eigenvalue weighted by Gasteiger charge is -2.29. The summed E-state index contributed by atoms with van der Waals surface area (Å²) in [6.45, 7) is 0.389. The van der Waals surface area contributed by atoms with Gasteiger partial charge in [0.05, 0.1) is 11.6 Å². The summed E-state index contributed by atoms with van der Waals surface area (Å²) in [6.07, 6.45) is -0.419. The lowest BCUT2D eigenvalue weighted by atomic mass is 10.2. The number of nitrogens with zero attached hydrogens (tertiary/aromatic N) is 1. The van der Waals surface area contributed by atoms with Gasteiger partial charge in [-0.25, -0.2) is 8.42 Å². The molecule has 0 aromatic heterocycles. The van der Waals surface area contributed by atoms with Crippen LogP contribution < -0.4 is 9.47 Å². The van der Waals surface area contributed by atoms with Crippen LogP contribution in [0.15, 0.2) is 47.4 Å². The van der Waals surface area contributed by atoms with Crippen LogP contribution in [0.3, 0.4) is 0 Å². The van der Waals surface area contributed by atoms with E-state index in [1.807, 2.05) is 12.1 Å². The first kappa shape index (κ1) is 17.4.